The number of likely N-dealkylation sites (tertiary alicyclic amines) is 1. The monoisotopic (exact) mass is 620 g/mol. The molecule has 0 radical (unpaired) electrons. The molecule has 0 spiro atoms. The fourth-order valence-corrected chi connectivity index (χ4v) is 5.52. The van der Waals surface area contributed by atoms with Gasteiger partial charge in [-0.1, -0.05) is 54.6 Å². The average Bonchev–Trinajstić information content (AvgIpc) is 3.70. The summed E-state index contributed by atoms with van der Waals surface area (Å²) >= 11 is 0. The summed E-state index contributed by atoms with van der Waals surface area (Å²) in [5.74, 6) is -0.210. The van der Waals surface area contributed by atoms with Crippen LogP contribution >= 0.6 is 0 Å². The summed E-state index contributed by atoms with van der Waals surface area (Å²) in [6.45, 7) is 2.48. The molecule has 3 aromatic carbocycles. The first kappa shape index (κ1) is 31.9. The molecule has 1 unspecified atom stereocenters. The van der Waals surface area contributed by atoms with Crippen LogP contribution in [0.15, 0.2) is 89.5 Å². The number of hydrogen-bond acceptors (Lipinski definition) is 6. The zero-order chi connectivity index (χ0) is 32.0. The van der Waals surface area contributed by atoms with Gasteiger partial charge in [0, 0.05) is 30.8 Å². The maximum atomic E-state index is 13.5. The average molecular weight is 621 g/mol. The molecular weight excluding hydrogens is 585 g/mol. The Labute approximate surface area is 259 Å². The third kappa shape index (κ3) is 8.17. The van der Waals surface area contributed by atoms with E-state index >= 15 is 0 Å². The van der Waals surface area contributed by atoms with Crippen LogP contribution in [0.5, 0.6) is 0 Å². The maximum Gasteiger partial charge on any atom is 0.416 e. The van der Waals surface area contributed by atoms with Crippen molar-refractivity contribution < 1.29 is 32.3 Å². The van der Waals surface area contributed by atoms with E-state index in [0.29, 0.717) is 30.0 Å². The Morgan fingerprint density at radius 2 is 1.76 bits per heavy atom. The van der Waals surface area contributed by atoms with Crippen molar-refractivity contribution in [1.29, 1.82) is 0 Å². The number of alkyl halides is 3. The number of carbonyl (C=O) groups excluding carboxylic acids is 2. The van der Waals surface area contributed by atoms with E-state index in [1.807, 2.05) is 37.3 Å². The third-order valence-corrected chi connectivity index (χ3v) is 7.82. The molecule has 236 valence electrons. The summed E-state index contributed by atoms with van der Waals surface area (Å²) in [7, 11) is 0. The molecule has 1 aromatic heterocycles. The Morgan fingerprint density at radius 3 is 2.49 bits per heavy atom. The lowest BCUT2D eigenvalue weighted by molar-refractivity contribution is -0.137. The number of aliphatic hydroxyl groups is 1. The molecular formula is C34H35F3N4O4. The fraction of sp³-hybridized carbons (Fsp3) is 0.324. The quantitative estimate of drug-likeness (QED) is 0.205. The molecule has 0 aliphatic carbocycles. The minimum atomic E-state index is -4.45. The number of benzene rings is 3. The molecule has 3 atom stereocenters. The van der Waals surface area contributed by atoms with Gasteiger partial charge in [-0.25, -0.2) is 4.98 Å². The number of amides is 2. The lowest BCUT2D eigenvalue weighted by atomic mass is 10.00. The van der Waals surface area contributed by atoms with Gasteiger partial charge in [0.2, 0.25) is 5.89 Å². The number of halogens is 3. The molecule has 5 rings (SSSR count). The zero-order valence-electron chi connectivity index (χ0n) is 24.8. The second-order valence-electron chi connectivity index (χ2n) is 11.2. The molecule has 1 fully saturated rings. The Hall–Kier alpha value is -4.48. The van der Waals surface area contributed by atoms with E-state index in [1.165, 1.54) is 12.1 Å². The number of hydrogen-bond donors (Lipinski definition) is 3. The van der Waals surface area contributed by atoms with Crippen LogP contribution in [0.1, 0.15) is 67.9 Å². The van der Waals surface area contributed by atoms with Crippen LogP contribution in [0.3, 0.4) is 0 Å². The predicted molar refractivity (Wildman–Crippen MR) is 161 cm³/mol. The van der Waals surface area contributed by atoms with Gasteiger partial charge in [-0.2, -0.15) is 13.2 Å². The number of oxazole rings is 1. The zero-order valence-corrected chi connectivity index (χ0v) is 24.8. The lowest BCUT2D eigenvalue weighted by Crippen LogP contribution is -2.48. The van der Waals surface area contributed by atoms with Crippen LogP contribution in [0, 0.1) is 6.92 Å². The first-order chi connectivity index (χ1) is 21.6. The summed E-state index contributed by atoms with van der Waals surface area (Å²) in [6.07, 6.45) is -2.12. The van der Waals surface area contributed by atoms with Crippen LogP contribution in [0.25, 0.3) is 0 Å². The van der Waals surface area contributed by atoms with E-state index in [-0.39, 0.29) is 30.6 Å². The molecule has 1 aliphatic rings. The standard InChI is InChI=1S/C34H35F3N4O4/c1-22-21-45-32(39-22)29-14-7-15-41(29)33(44)26-12-6-11-25(18-26)31(43)40-28(17-23-8-3-2-4-9-23)30(42)20-38-19-24-10-5-13-27(16-24)34(35,36)37/h2-6,8-13,16,18,21,28-30,38,42H,7,14-15,17,19-20H2,1H3,(H,40,43)/t28-,29?,30+/m0/s1. The highest BCUT2D eigenvalue weighted by atomic mass is 19.4. The normalized spacial score (nSPS) is 16.4. The third-order valence-electron chi connectivity index (χ3n) is 7.82. The van der Waals surface area contributed by atoms with Crippen molar-refractivity contribution in [2.24, 2.45) is 0 Å². The first-order valence-corrected chi connectivity index (χ1v) is 14.8. The Bertz CT molecular complexity index is 1610. The van der Waals surface area contributed by atoms with Crippen molar-refractivity contribution in [2.45, 2.75) is 57.1 Å². The summed E-state index contributed by atoms with van der Waals surface area (Å²) in [6, 6.07) is 19.7. The number of aryl methyl sites for hydroxylation is 1. The fourth-order valence-electron chi connectivity index (χ4n) is 5.52. The molecule has 4 aromatic rings. The van der Waals surface area contributed by atoms with Crippen molar-refractivity contribution in [3.05, 3.63) is 125 Å². The van der Waals surface area contributed by atoms with Gasteiger partial charge in [-0.15, -0.1) is 0 Å². The van der Waals surface area contributed by atoms with E-state index in [1.54, 1.807) is 35.4 Å². The van der Waals surface area contributed by atoms with Gasteiger partial charge < -0.3 is 25.1 Å². The molecule has 0 saturated carbocycles. The summed E-state index contributed by atoms with van der Waals surface area (Å²) in [5, 5.41) is 17.0. The van der Waals surface area contributed by atoms with E-state index < -0.39 is 29.8 Å². The molecule has 2 amide bonds. The van der Waals surface area contributed by atoms with Gasteiger partial charge in [0.05, 0.1) is 23.4 Å². The van der Waals surface area contributed by atoms with Crippen molar-refractivity contribution in [1.82, 2.24) is 20.5 Å². The van der Waals surface area contributed by atoms with Gasteiger partial charge in [-0.05, 0) is 61.6 Å². The van der Waals surface area contributed by atoms with Crippen LogP contribution in [-0.2, 0) is 19.1 Å². The van der Waals surface area contributed by atoms with Crippen LogP contribution in [0.4, 0.5) is 13.2 Å². The number of nitrogens with one attached hydrogen (secondary N) is 2. The lowest BCUT2D eigenvalue weighted by Gasteiger charge is -2.25. The molecule has 45 heavy (non-hydrogen) atoms. The maximum absolute atomic E-state index is 13.5. The molecule has 1 saturated heterocycles. The highest BCUT2D eigenvalue weighted by molar-refractivity contribution is 6.00. The SMILES string of the molecule is Cc1coc(C2CCCN2C(=O)c2cccc(C(=O)N[C@@H](Cc3ccccc3)[C@H](O)CNCc3cccc(C(F)(F)F)c3)c2)n1. The van der Waals surface area contributed by atoms with Crippen molar-refractivity contribution in [2.75, 3.05) is 13.1 Å². The Kier molecular flexibility index (Phi) is 9.99. The second-order valence-corrected chi connectivity index (χ2v) is 11.2. The number of aliphatic hydroxyl groups excluding tert-OH is 1. The number of rotatable bonds is 11. The topological polar surface area (TPSA) is 108 Å². The largest absolute Gasteiger partial charge is 0.446 e. The molecule has 1 aliphatic heterocycles. The Balaban J connectivity index is 1.26. The molecule has 2 heterocycles. The van der Waals surface area contributed by atoms with Crippen molar-refractivity contribution in [3.63, 3.8) is 0 Å². The van der Waals surface area contributed by atoms with Gasteiger partial charge in [0.1, 0.15) is 12.3 Å². The minimum Gasteiger partial charge on any atom is -0.446 e. The van der Waals surface area contributed by atoms with E-state index in [9.17, 15) is 27.9 Å². The minimum absolute atomic E-state index is 0.0171. The highest BCUT2D eigenvalue weighted by Gasteiger charge is 2.34. The molecule has 3 N–H and O–H groups in total. The predicted octanol–water partition coefficient (Wildman–Crippen LogP) is 5.47. The number of nitrogens with zero attached hydrogens (tertiary/aromatic N) is 2. The van der Waals surface area contributed by atoms with E-state index in [0.717, 1.165) is 36.2 Å². The molecule has 0 bridgehead atoms. The summed E-state index contributed by atoms with van der Waals surface area (Å²) in [5.41, 5.74) is 1.89. The van der Waals surface area contributed by atoms with Crippen molar-refractivity contribution >= 4 is 11.8 Å². The van der Waals surface area contributed by atoms with Gasteiger partial charge in [-0.3, -0.25) is 9.59 Å². The van der Waals surface area contributed by atoms with Crippen LogP contribution < -0.4 is 10.6 Å². The highest BCUT2D eigenvalue weighted by Crippen LogP contribution is 2.33. The molecule has 8 nitrogen and oxygen atoms in total. The van der Waals surface area contributed by atoms with E-state index in [4.69, 9.17) is 4.42 Å². The second kappa shape index (κ2) is 14.1. The first-order valence-electron chi connectivity index (χ1n) is 14.8. The van der Waals surface area contributed by atoms with E-state index in [2.05, 4.69) is 15.6 Å². The Morgan fingerprint density at radius 1 is 1.02 bits per heavy atom. The van der Waals surface area contributed by atoms with Gasteiger partial charge >= 0.3 is 6.18 Å². The van der Waals surface area contributed by atoms with Crippen LogP contribution in [0.2, 0.25) is 0 Å². The number of carbonyl (C=O) groups is 2. The smallest absolute Gasteiger partial charge is 0.416 e. The molecule has 11 heteroatoms. The van der Waals surface area contributed by atoms with Crippen LogP contribution in [-0.4, -0.2) is 52.0 Å². The summed E-state index contributed by atoms with van der Waals surface area (Å²) in [4.78, 5) is 33.1. The van der Waals surface area contributed by atoms with Gasteiger partial charge in [0.25, 0.3) is 11.8 Å². The van der Waals surface area contributed by atoms with Gasteiger partial charge in [0.15, 0.2) is 0 Å². The summed E-state index contributed by atoms with van der Waals surface area (Å²) < 4.78 is 44.9. The number of aromatic nitrogens is 1. The van der Waals surface area contributed by atoms with Crippen molar-refractivity contribution in [3.8, 4) is 0 Å².